The summed E-state index contributed by atoms with van der Waals surface area (Å²) in [6.07, 6.45) is -2.68. The fourth-order valence-electron chi connectivity index (χ4n) is 2.62. The van der Waals surface area contributed by atoms with Crippen LogP contribution in [0.1, 0.15) is 20.3 Å². The first-order chi connectivity index (χ1) is 11.2. The van der Waals surface area contributed by atoms with Crippen molar-refractivity contribution in [3.05, 3.63) is 0 Å². The Bertz CT molecular complexity index is 429. The first kappa shape index (κ1) is 20.7. The first-order valence-corrected chi connectivity index (χ1v) is 8.08. The minimum atomic E-state index is -3.99. The Morgan fingerprint density at radius 1 is 1.33 bits per heavy atom. The summed E-state index contributed by atoms with van der Waals surface area (Å²) in [5.74, 6) is -7.85. The molecule has 2 unspecified atom stereocenters. The van der Waals surface area contributed by atoms with E-state index in [1.165, 1.54) is 0 Å². The highest BCUT2D eigenvalue weighted by atomic mass is 19.3. The monoisotopic (exact) mass is 351 g/mol. The maximum Gasteiger partial charge on any atom is 0.349 e. The van der Waals surface area contributed by atoms with E-state index in [1.54, 1.807) is 13.8 Å². The third kappa shape index (κ3) is 5.95. The van der Waals surface area contributed by atoms with Crippen molar-refractivity contribution in [2.24, 2.45) is 17.6 Å². The lowest BCUT2D eigenvalue weighted by atomic mass is 9.84. The van der Waals surface area contributed by atoms with E-state index in [0.717, 1.165) is 0 Å². The molecule has 9 heteroatoms. The number of aliphatic hydroxyl groups excluding tert-OH is 1. The molecule has 24 heavy (non-hydrogen) atoms. The summed E-state index contributed by atoms with van der Waals surface area (Å²) in [5, 5.41) is 12.1. The molecule has 0 saturated carbocycles. The van der Waals surface area contributed by atoms with E-state index < -0.39 is 42.1 Å². The third-order valence-electron chi connectivity index (χ3n) is 4.19. The van der Waals surface area contributed by atoms with E-state index in [4.69, 9.17) is 10.5 Å². The van der Waals surface area contributed by atoms with Crippen LogP contribution in [0.3, 0.4) is 0 Å². The van der Waals surface area contributed by atoms with Gasteiger partial charge in [-0.2, -0.15) is 8.78 Å². The number of hydrogen-bond acceptors (Lipinski definition) is 5. The molecule has 1 heterocycles. The summed E-state index contributed by atoms with van der Waals surface area (Å²) >= 11 is 0. The third-order valence-corrected chi connectivity index (χ3v) is 4.19. The minimum Gasteiger partial charge on any atom is -0.386 e. The largest absolute Gasteiger partial charge is 0.386 e. The Labute approximate surface area is 140 Å². The lowest BCUT2D eigenvalue weighted by Crippen LogP contribution is -2.53. The topological polar surface area (TPSA) is 105 Å². The van der Waals surface area contributed by atoms with Gasteiger partial charge in [-0.05, 0) is 5.92 Å². The number of nitrogens with zero attached hydrogens (tertiary/aromatic N) is 1. The van der Waals surface area contributed by atoms with Gasteiger partial charge in [0, 0.05) is 38.5 Å². The van der Waals surface area contributed by atoms with Gasteiger partial charge in [-0.3, -0.25) is 14.5 Å². The van der Waals surface area contributed by atoms with Crippen LogP contribution < -0.4 is 11.1 Å². The molecule has 0 aromatic heterocycles. The molecule has 0 radical (unpaired) electrons. The van der Waals surface area contributed by atoms with Gasteiger partial charge in [0.05, 0.1) is 13.2 Å². The molecule has 0 aromatic rings. The number of primary amides is 1. The lowest BCUT2D eigenvalue weighted by Gasteiger charge is -2.31. The maximum atomic E-state index is 14.2. The number of halogens is 2. The Morgan fingerprint density at radius 3 is 2.42 bits per heavy atom. The number of amides is 2. The number of hydrogen-bond donors (Lipinski definition) is 3. The highest BCUT2D eigenvalue weighted by Crippen LogP contribution is 2.31. The van der Waals surface area contributed by atoms with Crippen molar-refractivity contribution < 1.29 is 28.2 Å². The van der Waals surface area contributed by atoms with Crippen LogP contribution in [0.25, 0.3) is 0 Å². The van der Waals surface area contributed by atoms with Gasteiger partial charge in [-0.1, -0.05) is 13.8 Å². The zero-order chi connectivity index (χ0) is 18.3. The van der Waals surface area contributed by atoms with Gasteiger partial charge >= 0.3 is 5.92 Å². The Kier molecular flexibility index (Phi) is 7.98. The molecule has 140 valence electrons. The molecule has 2 atom stereocenters. The van der Waals surface area contributed by atoms with Gasteiger partial charge in [-0.15, -0.1) is 0 Å². The van der Waals surface area contributed by atoms with Crippen molar-refractivity contribution in [2.75, 3.05) is 39.4 Å². The van der Waals surface area contributed by atoms with Crippen molar-refractivity contribution in [2.45, 2.75) is 32.3 Å². The number of aliphatic hydroxyl groups is 1. The highest BCUT2D eigenvalue weighted by Gasteiger charge is 2.50. The number of rotatable bonds is 9. The fraction of sp³-hybridized carbons (Fsp3) is 0.867. The van der Waals surface area contributed by atoms with E-state index in [1.807, 2.05) is 4.90 Å². The molecule has 4 N–H and O–H groups in total. The van der Waals surface area contributed by atoms with Crippen molar-refractivity contribution in [3.8, 4) is 0 Å². The molecular weight excluding hydrogens is 324 g/mol. The van der Waals surface area contributed by atoms with Crippen LogP contribution in [-0.2, 0) is 14.3 Å². The Morgan fingerprint density at radius 2 is 1.92 bits per heavy atom. The number of nitrogens with two attached hydrogens (primary N) is 1. The van der Waals surface area contributed by atoms with Crippen LogP contribution in [-0.4, -0.2) is 73.2 Å². The SMILES string of the molecule is CC(C)C(CC(N)=O)C(O)C(F)(F)C(=O)NCCN1CCOCC1. The zero-order valence-corrected chi connectivity index (χ0v) is 14.1. The summed E-state index contributed by atoms with van der Waals surface area (Å²) in [5.41, 5.74) is 5.04. The van der Waals surface area contributed by atoms with Crippen LogP contribution in [0.5, 0.6) is 0 Å². The highest BCUT2D eigenvalue weighted by molar-refractivity contribution is 5.84. The second-order valence-electron chi connectivity index (χ2n) is 6.36. The average Bonchev–Trinajstić information content (AvgIpc) is 2.52. The summed E-state index contributed by atoms with van der Waals surface area (Å²) in [7, 11) is 0. The van der Waals surface area contributed by atoms with Gasteiger partial charge in [-0.25, -0.2) is 0 Å². The maximum absolute atomic E-state index is 14.2. The van der Waals surface area contributed by atoms with Gasteiger partial charge in [0.25, 0.3) is 5.91 Å². The molecule has 2 amide bonds. The lowest BCUT2D eigenvalue weighted by molar-refractivity contribution is -0.173. The predicted octanol–water partition coefficient (Wildman–Crippen LogP) is -0.421. The number of carbonyl (C=O) groups excluding carboxylic acids is 2. The second kappa shape index (κ2) is 9.24. The summed E-state index contributed by atoms with van der Waals surface area (Å²) in [6, 6.07) is 0. The first-order valence-electron chi connectivity index (χ1n) is 8.08. The number of alkyl halides is 2. The summed E-state index contributed by atoms with van der Waals surface area (Å²) < 4.78 is 33.6. The van der Waals surface area contributed by atoms with Gasteiger partial charge in [0.15, 0.2) is 0 Å². The molecule has 1 rings (SSSR count). The fourth-order valence-corrected chi connectivity index (χ4v) is 2.62. The summed E-state index contributed by atoms with van der Waals surface area (Å²) in [4.78, 5) is 24.8. The number of carbonyl (C=O) groups is 2. The molecule has 1 aliphatic heterocycles. The van der Waals surface area contributed by atoms with Gasteiger partial charge < -0.3 is 20.9 Å². The normalized spacial score (nSPS) is 19.1. The molecule has 1 saturated heterocycles. The van der Waals surface area contributed by atoms with Crippen molar-refractivity contribution in [1.29, 1.82) is 0 Å². The van der Waals surface area contributed by atoms with Gasteiger partial charge in [0.1, 0.15) is 6.10 Å². The number of nitrogens with one attached hydrogen (secondary N) is 1. The number of ether oxygens (including phenoxy) is 1. The second-order valence-corrected chi connectivity index (χ2v) is 6.36. The number of morpholine rings is 1. The molecule has 7 nitrogen and oxygen atoms in total. The van der Waals surface area contributed by atoms with E-state index in [-0.39, 0.29) is 6.54 Å². The van der Waals surface area contributed by atoms with Crippen LogP contribution in [0.4, 0.5) is 8.78 Å². The Balaban J connectivity index is 2.56. The quantitative estimate of drug-likeness (QED) is 0.523. The molecule has 0 bridgehead atoms. The zero-order valence-electron chi connectivity index (χ0n) is 14.1. The molecule has 0 aromatic carbocycles. The van der Waals surface area contributed by atoms with Crippen molar-refractivity contribution in [3.63, 3.8) is 0 Å². The molecule has 0 aliphatic carbocycles. The summed E-state index contributed by atoms with van der Waals surface area (Å²) in [6.45, 7) is 6.16. The van der Waals surface area contributed by atoms with Crippen LogP contribution in [0.2, 0.25) is 0 Å². The molecular formula is C15H27F2N3O4. The minimum absolute atomic E-state index is 0.0449. The van der Waals surface area contributed by atoms with E-state index in [9.17, 15) is 23.5 Å². The molecule has 0 spiro atoms. The van der Waals surface area contributed by atoms with E-state index >= 15 is 0 Å². The smallest absolute Gasteiger partial charge is 0.349 e. The molecule has 1 fully saturated rings. The van der Waals surface area contributed by atoms with Crippen molar-refractivity contribution >= 4 is 11.8 Å². The van der Waals surface area contributed by atoms with Gasteiger partial charge in [0.2, 0.25) is 5.91 Å². The predicted molar refractivity (Wildman–Crippen MR) is 83.4 cm³/mol. The molecule has 1 aliphatic rings. The Hall–Kier alpha value is -1.32. The van der Waals surface area contributed by atoms with Crippen LogP contribution in [0, 0.1) is 11.8 Å². The van der Waals surface area contributed by atoms with E-state index in [2.05, 4.69) is 5.32 Å². The van der Waals surface area contributed by atoms with Crippen LogP contribution in [0.15, 0.2) is 0 Å². The van der Waals surface area contributed by atoms with E-state index in [0.29, 0.717) is 32.8 Å². The average molecular weight is 351 g/mol. The van der Waals surface area contributed by atoms with Crippen LogP contribution >= 0.6 is 0 Å². The standard InChI is InChI=1S/C15H27F2N3O4/c1-10(2)11(9-12(18)21)13(22)15(16,17)14(23)19-3-4-20-5-7-24-8-6-20/h10-11,13,22H,3-9H2,1-2H3,(H2,18,21)(H,19,23). The van der Waals surface area contributed by atoms with Crippen molar-refractivity contribution in [1.82, 2.24) is 10.2 Å².